The lowest BCUT2D eigenvalue weighted by Gasteiger charge is -2.27. The average Bonchev–Trinajstić information content (AvgIpc) is 3.11. The number of benzene rings is 1. The maximum absolute atomic E-state index is 12.5. The van der Waals surface area contributed by atoms with Crippen LogP contribution in [0.1, 0.15) is 5.69 Å². The van der Waals surface area contributed by atoms with Crippen LogP contribution in [0.25, 0.3) is 11.1 Å². The van der Waals surface area contributed by atoms with Crippen LogP contribution in [0, 0.1) is 0 Å². The summed E-state index contributed by atoms with van der Waals surface area (Å²) in [5.74, 6) is -0.599. The zero-order chi connectivity index (χ0) is 15.1. The molecule has 1 aromatic carbocycles. The van der Waals surface area contributed by atoms with E-state index in [4.69, 9.17) is 4.42 Å². The Balaban J connectivity index is 1.59. The summed E-state index contributed by atoms with van der Waals surface area (Å²) in [5, 5.41) is 4.19. The van der Waals surface area contributed by atoms with E-state index >= 15 is 0 Å². The molecule has 3 aromatic rings. The highest BCUT2D eigenvalue weighted by Crippen LogP contribution is 2.14. The van der Waals surface area contributed by atoms with E-state index in [1.54, 1.807) is 29.3 Å². The van der Waals surface area contributed by atoms with Crippen LogP contribution in [0.4, 0.5) is 0 Å². The van der Waals surface area contributed by atoms with Crippen molar-refractivity contribution in [3.05, 3.63) is 52.8 Å². The third-order valence-electron chi connectivity index (χ3n) is 3.96. The zero-order valence-electron chi connectivity index (χ0n) is 11.8. The summed E-state index contributed by atoms with van der Waals surface area (Å²) in [6.45, 7) is 1.78. The maximum atomic E-state index is 12.5. The summed E-state index contributed by atoms with van der Waals surface area (Å²) in [4.78, 5) is 26.2. The minimum atomic E-state index is -0.503. The fraction of sp³-hybridized carbons (Fsp3) is 0.267. The van der Waals surface area contributed by atoms with Crippen molar-refractivity contribution in [2.75, 3.05) is 6.54 Å². The SMILES string of the molecule is O=C(Cn1c(=O)oc2ccccc21)N1CCn2nccc2C1. The summed E-state index contributed by atoms with van der Waals surface area (Å²) in [7, 11) is 0. The van der Waals surface area contributed by atoms with Gasteiger partial charge >= 0.3 is 5.76 Å². The standard InChI is InChI=1S/C15H14N4O3/c20-14(17-7-8-19-11(9-17)5-6-16-19)10-18-12-3-1-2-4-13(12)22-15(18)21/h1-6H,7-10H2. The first-order chi connectivity index (χ1) is 10.7. The molecule has 0 bridgehead atoms. The van der Waals surface area contributed by atoms with Gasteiger partial charge in [0.2, 0.25) is 5.91 Å². The van der Waals surface area contributed by atoms with Gasteiger partial charge in [-0.15, -0.1) is 0 Å². The monoisotopic (exact) mass is 298 g/mol. The number of hydrogen-bond donors (Lipinski definition) is 0. The molecule has 2 aromatic heterocycles. The molecule has 0 saturated heterocycles. The Kier molecular flexibility index (Phi) is 2.85. The van der Waals surface area contributed by atoms with Crippen molar-refractivity contribution in [2.24, 2.45) is 0 Å². The number of rotatable bonds is 2. The van der Waals surface area contributed by atoms with E-state index in [9.17, 15) is 9.59 Å². The van der Waals surface area contributed by atoms with E-state index in [1.165, 1.54) is 4.57 Å². The van der Waals surface area contributed by atoms with E-state index in [0.717, 1.165) is 5.69 Å². The van der Waals surface area contributed by atoms with Gasteiger partial charge in [-0.1, -0.05) is 12.1 Å². The normalized spacial score (nSPS) is 14.3. The van der Waals surface area contributed by atoms with Crippen molar-refractivity contribution >= 4 is 17.0 Å². The van der Waals surface area contributed by atoms with Gasteiger partial charge in [-0.3, -0.25) is 14.0 Å². The van der Waals surface area contributed by atoms with Gasteiger partial charge in [-0.2, -0.15) is 5.10 Å². The first-order valence-electron chi connectivity index (χ1n) is 7.09. The van der Waals surface area contributed by atoms with Crippen LogP contribution in [0.15, 0.2) is 45.7 Å². The molecule has 1 aliphatic rings. The molecule has 1 amide bonds. The molecule has 0 atom stereocenters. The van der Waals surface area contributed by atoms with Gasteiger partial charge in [-0.05, 0) is 18.2 Å². The summed E-state index contributed by atoms with van der Waals surface area (Å²) >= 11 is 0. The highest BCUT2D eigenvalue weighted by atomic mass is 16.4. The van der Waals surface area contributed by atoms with E-state index < -0.39 is 5.76 Å². The van der Waals surface area contributed by atoms with Crippen molar-refractivity contribution in [1.82, 2.24) is 19.2 Å². The molecule has 0 saturated carbocycles. The van der Waals surface area contributed by atoms with Gasteiger partial charge in [0.1, 0.15) is 6.54 Å². The zero-order valence-corrected chi connectivity index (χ0v) is 11.8. The van der Waals surface area contributed by atoms with E-state index in [0.29, 0.717) is 30.7 Å². The Morgan fingerprint density at radius 3 is 3.00 bits per heavy atom. The fourth-order valence-corrected chi connectivity index (χ4v) is 2.80. The predicted molar refractivity (Wildman–Crippen MR) is 78.1 cm³/mol. The second-order valence-electron chi connectivity index (χ2n) is 5.28. The molecular formula is C15H14N4O3. The Bertz CT molecular complexity index is 905. The molecule has 3 heterocycles. The van der Waals surface area contributed by atoms with Gasteiger partial charge in [-0.25, -0.2) is 4.79 Å². The number of hydrogen-bond acceptors (Lipinski definition) is 4. The Hall–Kier alpha value is -2.83. The van der Waals surface area contributed by atoms with Gasteiger partial charge in [0.15, 0.2) is 5.58 Å². The molecule has 4 rings (SSSR count). The second kappa shape index (κ2) is 4.87. The highest BCUT2D eigenvalue weighted by Gasteiger charge is 2.22. The lowest BCUT2D eigenvalue weighted by Crippen LogP contribution is -2.41. The molecule has 0 fully saturated rings. The van der Waals surface area contributed by atoms with Crippen LogP contribution in [0.5, 0.6) is 0 Å². The molecule has 7 heteroatoms. The van der Waals surface area contributed by atoms with Crippen molar-refractivity contribution in [2.45, 2.75) is 19.6 Å². The topological polar surface area (TPSA) is 73.3 Å². The number of oxazole rings is 1. The maximum Gasteiger partial charge on any atom is 0.420 e. The van der Waals surface area contributed by atoms with Gasteiger partial charge in [0.05, 0.1) is 24.3 Å². The van der Waals surface area contributed by atoms with E-state index in [2.05, 4.69) is 5.10 Å². The summed E-state index contributed by atoms with van der Waals surface area (Å²) in [6, 6.07) is 9.01. The molecule has 22 heavy (non-hydrogen) atoms. The highest BCUT2D eigenvalue weighted by molar-refractivity contribution is 5.79. The predicted octanol–water partition coefficient (Wildman–Crippen LogP) is 0.833. The molecule has 0 N–H and O–H groups in total. The third-order valence-corrected chi connectivity index (χ3v) is 3.96. The number of carbonyl (C=O) groups is 1. The van der Waals surface area contributed by atoms with E-state index in [-0.39, 0.29) is 12.5 Å². The molecule has 7 nitrogen and oxygen atoms in total. The van der Waals surface area contributed by atoms with Gasteiger partial charge in [0, 0.05) is 12.7 Å². The van der Waals surface area contributed by atoms with Crippen molar-refractivity contribution in [3.8, 4) is 0 Å². The minimum Gasteiger partial charge on any atom is -0.408 e. The van der Waals surface area contributed by atoms with Gasteiger partial charge in [0.25, 0.3) is 0 Å². The molecule has 0 aliphatic carbocycles. The number of nitrogens with zero attached hydrogens (tertiary/aromatic N) is 4. The Labute approximate surface area is 125 Å². The molecule has 0 spiro atoms. The minimum absolute atomic E-state index is 0.00994. The van der Waals surface area contributed by atoms with Crippen molar-refractivity contribution < 1.29 is 9.21 Å². The van der Waals surface area contributed by atoms with Crippen LogP contribution in [0.2, 0.25) is 0 Å². The first-order valence-corrected chi connectivity index (χ1v) is 7.09. The second-order valence-corrected chi connectivity index (χ2v) is 5.28. The van der Waals surface area contributed by atoms with Crippen LogP contribution >= 0.6 is 0 Å². The molecule has 1 aliphatic heterocycles. The largest absolute Gasteiger partial charge is 0.420 e. The quantitative estimate of drug-likeness (QED) is 0.702. The Morgan fingerprint density at radius 2 is 2.09 bits per heavy atom. The van der Waals surface area contributed by atoms with E-state index in [1.807, 2.05) is 16.8 Å². The lowest BCUT2D eigenvalue weighted by molar-refractivity contribution is -0.133. The third kappa shape index (κ3) is 2.02. The molecular weight excluding hydrogens is 284 g/mol. The van der Waals surface area contributed by atoms with Crippen LogP contribution in [-0.2, 0) is 24.4 Å². The van der Waals surface area contributed by atoms with Gasteiger partial charge < -0.3 is 9.32 Å². The van der Waals surface area contributed by atoms with Crippen molar-refractivity contribution in [1.29, 1.82) is 0 Å². The average molecular weight is 298 g/mol. The smallest absolute Gasteiger partial charge is 0.408 e. The summed E-state index contributed by atoms with van der Waals surface area (Å²) < 4.78 is 8.42. The van der Waals surface area contributed by atoms with Crippen molar-refractivity contribution in [3.63, 3.8) is 0 Å². The summed E-state index contributed by atoms with van der Waals surface area (Å²) in [6.07, 6.45) is 1.73. The van der Waals surface area contributed by atoms with Crippen LogP contribution < -0.4 is 5.76 Å². The van der Waals surface area contributed by atoms with Crippen LogP contribution in [0.3, 0.4) is 0 Å². The van der Waals surface area contributed by atoms with Crippen LogP contribution in [-0.4, -0.2) is 31.7 Å². The lowest BCUT2D eigenvalue weighted by atomic mass is 10.3. The number of fused-ring (bicyclic) bond motifs is 2. The fourth-order valence-electron chi connectivity index (χ4n) is 2.80. The number of amides is 1. The number of carbonyl (C=O) groups excluding carboxylic acids is 1. The number of aromatic nitrogens is 3. The Morgan fingerprint density at radius 1 is 1.23 bits per heavy atom. The number of para-hydroxylation sites is 2. The molecule has 112 valence electrons. The molecule has 0 unspecified atom stereocenters. The summed E-state index contributed by atoms with van der Waals surface area (Å²) in [5.41, 5.74) is 2.14. The molecule has 0 radical (unpaired) electrons. The first kappa shape index (κ1) is 12.9.